The lowest BCUT2D eigenvalue weighted by atomic mass is 9.73. The van der Waals surface area contributed by atoms with Gasteiger partial charge in [0.1, 0.15) is 11.5 Å². The average Bonchev–Trinajstić information content (AvgIpc) is 2.89. The number of nitrogens with one attached hydrogen (secondary N) is 1. The molecule has 7 nitrogen and oxygen atoms in total. The molecule has 2 aromatic carbocycles. The van der Waals surface area contributed by atoms with Crippen LogP contribution < -0.4 is 14.8 Å². The number of Topliss-reactive ketones (excluding diaryl/α,β-unsaturated/α-hetero) is 2. The number of benzene rings is 2. The van der Waals surface area contributed by atoms with E-state index in [1.807, 2.05) is 51.1 Å². The van der Waals surface area contributed by atoms with Gasteiger partial charge >= 0.3 is 0 Å². The molecule has 204 valence electrons. The third-order valence-corrected chi connectivity index (χ3v) is 8.11. The summed E-state index contributed by atoms with van der Waals surface area (Å²) in [5, 5.41) is 2.91. The van der Waals surface area contributed by atoms with Crippen molar-refractivity contribution in [1.82, 2.24) is 0 Å². The van der Waals surface area contributed by atoms with Crippen LogP contribution in [0.4, 0.5) is 5.69 Å². The van der Waals surface area contributed by atoms with Crippen molar-refractivity contribution >= 4 is 45.8 Å². The zero-order valence-corrected chi connectivity index (χ0v) is 24.6. The van der Waals surface area contributed by atoms with Crippen LogP contribution in [-0.4, -0.2) is 30.7 Å². The van der Waals surface area contributed by atoms with Crippen LogP contribution in [0.5, 0.6) is 11.5 Å². The summed E-state index contributed by atoms with van der Waals surface area (Å²) >= 11 is 2.16. The molecule has 2 aromatic rings. The first-order valence-electron chi connectivity index (χ1n) is 13.4. The first-order chi connectivity index (χ1) is 18.8. The highest BCUT2D eigenvalue weighted by atomic mass is 127. The molecule has 0 bridgehead atoms. The Morgan fingerprint density at radius 1 is 0.974 bits per heavy atom. The van der Waals surface area contributed by atoms with Crippen LogP contribution in [0.25, 0.3) is 0 Å². The number of hydrogen-bond acceptors (Lipinski definition) is 6. The second-order valence-electron chi connectivity index (χ2n) is 10.2. The molecule has 0 aromatic heterocycles. The maximum atomic E-state index is 13.2. The van der Waals surface area contributed by atoms with Gasteiger partial charge in [-0.15, -0.1) is 0 Å². The fraction of sp³-hybridized carbons (Fsp3) is 0.387. The maximum Gasteiger partial charge on any atom is 0.262 e. The molecule has 5 rings (SSSR count). The van der Waals surface area contributed by atoms with E-state index in [1.165, 1.54) is 0 Å². The fourth-order valence-corrected chi connectivity index (χ4v) is 6.37. The van der Waals surface area contributed by atoms with Gasteiger partial charge in [-0.1, -0.05) is 17.7 Å². The second-order valence-corrected chi connectivity index (χ2v) is 11.3. The number of halogens is 1. The minimum absolute atomic E-state index is 0.0301. The van der Waals surface area contributed by atoms with Crippen LogP contribution in [-0.2, 0) is 19.1 Å². The molecule has 0 radical (unpaired) electrons. The number of amides is 1. The lowest BCUT2D eigenvalue weighted by molar-refractivity contribution is -0.119. The molecule has 39 heavy (non-hydrogen) atoms. The van der Waals surface area contributed by atoms with Crippen LogP contribution >= 0.6 is 22.6 Å². The number of ether oxygens (including phenoxy) is 3. The zero-order valence-electron chi connectivity index (χ0n) is 22.4. The van der Waals surface area contributed by atoms with Gasteiger partial charge in [0, 0.05) is 48.4 Å². The van der Waals surface area contributed by atoms with Gasteiger partial charge < -0.3 is 19.5 Å². The van der Waals surface area contributed by atoms with E-state index in [1.54, 1.807) is 0 Å². The first kappa shape index (κ1) is 27.4. The van der Waals surface area contributed by atoms with Crippen molar-refractivity contribution in [3.05, 3.63) is 73.3 Å². The SMILES string of the molecule is CCOc1cc(C2C3=C(CCCC3=O)OC3=C2C(=O)CCC3)cc(I)c1OCC(=O)Nc1ccc(C)cc1C. The molecule has 1 heterocycles. The van der Waals surface area contributed by atoms with Gasteiger partial charge in [0.05, 0.1) is 10.2 Å². The molecule has 1 N–H and O–H groups in total. The summed E-state index contributed by atoms with van der Waals surface area (Å²) in [7, 11) is 0. The van der Waals surface area contributed by atoms with Crippen LogP contribution in [0.2, 0.25) is 0 Å². The number of carbonyl (C=O) groups excluding carboxylic acids is 3. The molecule has 3 aliphatic rings. The number of anilines is 1. The van der Waals surface area contributed by atoms with Gasteiger partial charge in [-0.3, -0.25) is 14.4 Å². The van der Waals surface area contributed by atoms with E-state index < -0.39 is 5.92 Å². The van der Waals surface area contributed by atoms with Crippen molar-refractivity contribution in [3.8, 4) is 11.5 Å². The molecule has 0 saturated heterocycles. The van der Waals surface area contributed by atoms with Crippen molar-refractivity contribution in [1.29, 1.82) is 0 Å². The summed E-state index contributed by atoms with van der Waals surface area (Å²) in [6.45, 7) is 6.03. The summed E-state index contributed by atoms with van der Waals surface area (Å²) in [5.74, 6) is 1.61. The van der Waals surface area contributed by atoms with E-state index in [4.69, 9.17) is 14.2 Å². The number of allylic oxidation sites excluding steroid dienone is 4. The predicted molar refractivity (Wildman–Crippen MR) is 156 cm³/mol. The monoisotopic (exact) mass is 641 g/mol. The minimum atomic E-state index is -0.487. The van der Waals surface area contributed by atoms with E-state index >= 15 is 0 Å². The Bertz CT molecular complexity index is 1380. The smallest absolute Gasteiger partial charge is 0.262 e. The molecule has 1 aliphatic heterocycles. The van der Waals surface area contributed by atoms with Crippen LogP contribution in [0.3, 0.4) is 0 Å². The molecule has 0 spiro atoms. The van der Waals surface area contributed by atoms with E-state index in [9.17, 15) is 14.4 Å². The molecular formula is C31H32INO6. The highest BCUT2D eigenvalue weighted by Gasteiger charge is 2.42. The third kappa shape index (κ3) is 5.62. The Morgan fingerprint density at radius 3 is 2.26 bits per heavy atom. The number of rotatable bonds is 7. The topological polar surface area (TPSA) is 90.9 Å². The van der Waals surface area contributed by atoms with Gasteiger partial charge in [-0.25, -0.2) is 0 Å². The summed E-state index contributed by atoms with van der Waals surface area (Å²) in [6.07, 6.45) is 3.77. The fourth-order valence-electron chi connectivity index (χ4n) is 5.59. The molecule has 8 heteroatoms. The lowest BCUT2D eigenvalue weighted by Crippen LogP contribution is -2.30. The van der Waals surface area contributed by atoms with E-state index in [-0.39, 0.29) is 24.1 Å². The van der Waals surface area contributed by atoms with Gasteiger partial charge in [0.15, 0.2) is 29.7 Å². The Labute approximate surface area is 242 Å². The molecular weight excluding hydrogens is 609 g/mol. The molecule has 0 saturated carbocycles. The van der Waals surface area contributed by atoms with Crippen LogP contribution in [0, 0.1) is 17.4 Å². The summed E-state index contributed by atoms with van der Waals surface area (Å²) in [6, 6.07) is 9.61. The molecule has 1 amide bonds. The van der Waals surface area contributed by atoms with Crippen LogP contribution in [0.1, 0.15) is 68.1 Å². The van der Waals surface area contributed by atoms with Gasteiger partial charge in [-0.05, 0) is 85.5 Å². The van der Waals surface area contributed by atoms with Gasteiger partial charge in [0.2, 0.25) is 0 Å². The Morgan fingerprint density at radius 2 is 1.64 bits per heavy atom. The molecule has 0 atom stereocenters. The van der Waals surface area contributed by atoms with Crippen molar-refractivity contribution in [3.63, 3.8) is 0 Å². The maximum absolute atomic E-state index is 13.2. The van der Waals surface area contributed by atoms with Crippen molar-refractivity contribution in [2.45, 2.75) is 65.2 Å². The normalized spacial score (nSPS) is 17.4. The summed E-state index contributed by atoms with van der Waals surface area (Å²) in [5.41, 5.74) is 4.82. The largest absolute Gasteiger partial charge is 0.490 e. The van der Waals surface area contributed by atoms with Crippen molar-refractivity contribution in [2.75, 3.05) is 18.5 Å². The molecule has 2 aliphatic carbocycles. The standard InChI is InChI=1S/C31H32INO6/c1-4-37-26-15-19(14-20(32)31(26)38-16-27(36)33-21-12-11-17(2)13-18(21)3)28-29-22(34)7-5-9-24(29)39-25-10-6-8-23(35)30(25)28/h11-15,28H,4-10,16H2,1-3H3,(H,33,36). The highest BCUT2D eigenvalue weighted by molar-refractivity contribution is 14.1. The van der Waals surface area contributed by atoms with E-state index in [2.05, 4.69) is 27.9 Å². The van der Waals surface area contributed by atoms with E-state index in [0.717, 1.165) is 38.8 Å². The Balaban J connectivity index is 1.46. The number of aryl methyl sites for hydroxylation is 2. The van der Waals surface area contributed by atoms with Crippen molar-refractivity contribution in [2.24, 2.45) is 0 Å². The van der Waals surface area contributed by atoms with Crippen molar-refractivity contribution < 1.29 is 28.6 Å². The zero-order chi connectivity index (χ0) is 27.7. The number of carbonyl (C=O) groups is 3. The quantitative estimate of drug-likeness (QED) is 0.350. The third-order valence-electron chi connectivity index (χ3n) is 7.31. The second kappa shape index (κ2) is 11.5. The van der Waals surface area contributed by atoms with Crippen LogP contribution in [0.15, 0.2) is 53.0 Å². The van der Waals surface area contributed by atoms with Gasteiger partial charge in [-0.2, -0.15) is 0 Å². The highest BCUT2D eigenvalue weighted by Crippen LogP contribution is 2.49. The summed E-state index contributed by atoms with van der Waals surface area (Å²) < 4.78 is 18.8. The number of hydrogen-bond donors (Lipinski definition) is 1. The minimum Gasteiger partial charge on any atom is -0.490 e. The molecule has 0 fully saturated rings. The average molecular weight is 642 g/mol. The van der Waals surface area contributed by atoms with Gasteiger partial charge in [0.25, 0.3) is 5.91 Å². The Kier molecular flexibility index (Phi) is 8.11. The summed E-state index contributed by atoms with van der Waals surface area (Å²) in [4.78, 5) is 39.0. The predicted octanol–water partition coefficient (Wildman–Crippen LogP) is 6.45. The Hall–Kier alpha value is -3.14. The first-order valence-corrected chi connectivity index (χ1v) is 14.5. The number of ketones is 2. The van der Waals surface area contributed by atoms with E-state index in [0.29, 0.717) is 66.5 Å². The molecule has 0 unspecified atom stereocenters. The lowest BCUT2D eigenvalue weighted by Gasteiger charge is -2.36.